The summed E-state index contributed by atoms with van der Waals surface area (Å²) in [7, 11) is 0. The van der Waals surface area contributed by atoms with Gasteiger partial charge in [-0.3, -0.25) is 4.79 Å². The number of para-hydroxylation sites is 1. The van der Waals surface area contributed by atoms with E-state index in [1.807, 2.05) is 45.0 Å². The van der Waals surface area contributed by atoms with Crippen molar-refractivity contribution in [1.82, 2.24) is 5.32 Å². The second kappa shape index (κ2) is 8.53. The molecule has 1 atom stereocenters. The molecular formula is C15H23NO3. The lowest BCUT2D eigenvalue weighted by Gasteiger charge is -2.18. The summed E-state index contributed by atoms with van der Waals surface area (Å²) in [6, 6.07) is 7.46. The number of hydrogen-bond acceptors (Lipinski definition) is 4. The Labute approximate surface area is 115 Å². The molecule has 1 rings (SSSR count). The third kappa shape index (κ3) is 4.91. The maximum absolute atomic E-state index is 11.9. The molecule has 0 aliphatic rings. The number of carbonyl (C=O) groups is 1. The minimum absolute atomic E-state index is 0.212. The van der Waals surface area contributed by atoms with E-state index in [4.69, 9.17) is 9.47 Å². The Morgan fingerprint density at radius 2 is 1.95 bits per heavy atom. The molecule has 0 aromatic heterocycles. The van der Waals surface area contributed by atoms with Gasteiger partial charge < -0.3 is 14.8 Å². The zero-order chi connectivity index (χ0) is 14.1. The molecule has 0 fully saturated rings. The van der Waals surface area contributed by atoms with E-state index in [0.29, 0.717) is 19.6 Å². The van der Waals surface area contributed by atoms with Gasteiger partial charge in [-0.15, -0.1) is 0 Å². The van der Waals surface area contributed by atoms with Crippen LogP contribution in [0.25, 0.3) is 0 Å². The standard InChI is InChI=1S/C15H23NO3/c1-4-16-13(15(17)19-6-3)11-12-9-7-8-10-14(12)18-5-2/h7-10,13,16H,4-6,11H2,1-3H3/t13-/m0/s1. The van der Waals surface area contributed by atoms with Crippen molar-refractivity contribution in [2.75, 3.05) is 19.8 Å². The Hall–Kier alpha value is -1.55. The molecule has 0 spiro atoms. The van der Waals surface area contributed by atoms with E-state index in [9.17, 15) is 4.79 Å². The van der Waals surface area contributed by atoms with Crippen LogP contribution in [0.1, 0.15) is 26.3 Å². The largest absolute Gasteiger partial charge is 0.494 e. The highest BCUT2D eigenvalue weighted by Crippen LogP contribution is 2.19. The fraction of sp³-hybridized carbons (Fsp3) is 0.533. The highest BCUT2D eigenvalue weighted by Gasteiger charge is 2.20. The van der Waals surface area contributed by atoms with Crippen molar-refractivity contribution >= 4 is 5.97 Å². The number of rotatable bonds is 8. The number of ether oxygens (including phenoxy) is 2. The van der Waals surface area contributed by atoms with Gasteiger partial charge in [-0.1, -0.05) is 25.1 Å². The molecule has 4 heteroatoms. The van der Waals surface area contributed by atoms with Gasteiger partial charge in [0.15, 0.2) is 0 Å². The summed E-state index contributed by atoms with van der Waals surface area (Å²) >= 11 is 0. The van der Waals surface area contributed by atoms with Crippen molar-refractivity contribution in [3.05, 3.63) is 29.8 Å². The molecule has 19 heavy (non-hydrogen) atoms. The van der Waals surface area contributed by atoms with Gasteiger partial charge in [0.25, 0.3) is 0 Å². The second-order valence-electron chi connectivity index (χ2n) is 4.11. The highest BCUT2D eigenvalue weighted by atomic mass is 16.5. The Kier molecular flexibility index (Phi) is 6.97. The average molecular weight is 265 g/mol. The van der Waals surface area contributed by atoms with Gasteiger partial charge in [-0.2, -0.15) is 0 Å². The van der Waals surface area contributed by atoms with Crippen LogP contribution in [0.4, 0.5) is 0 Å². The minimum Gasteiger partial charge on any atom is -0.494 e. The van der Waals surface area contributed by atoms with E-state index >= 15 is 0 Å². The smallest absolute Gasteiger partial charge is 0.323 e. The summed E-state index contributed by atoms with van der Waals surface area (Å²) in [4.78, 5) is 11.9. The molecule has 0 unspecified atom stereocenters. The van der Waals surface area contributed by atoms with Crippen LogP contribution in [0.2, 0.25) is 0 Å². The first-order valence-electron chi connectivity index (χ1n) is 6.83. The van der Waals surface area contributed by atoms with Crippen LogP contribution < -0.4 is 10.1 Å². The summed E-state index contributed by atoms with van der Waals surface area (Å²) in [6.07, 6.45) is 0.572. The van der Waals surface area contributed by atoms with Gasteiger partial charge in [-0.05, 0) is 32.0 Å². The number of benzene rings is 1. The quantitative estimate of drug-likeness (QED) is 0.732. The second-order valence-corrected chi connectivity index (χ2v) is 4.11. The number of nitrogens with one attached hydrogen (secondary N) is 1. The topological polar surface area (TPSA) is 47.6 Å². The van der Waals surface area contributed by atoms with Crippen molar-refractivity contribution < 1.29 is 14.3 Å². The summed E-state index contributed by atoms with van der Waals surface area (Å²) in [6.45, 7) is 7.47. The molecule has 1 aromatic rings. The van der Waals surface area contributed by atoms with Crippen molar-refractivity contribution in [1.29, 1.82) is 0 Å². The summed E-state index contributed by atoms with van der Waals surface area (Å²) in [5.74, 6) is 0.618. The number of esters is 1. The number of carbonyl (C=O) groups excluding carboxylic acids is 1. The van der Waals surface area contributed by atoms with Crippen LogP contribution in [0, 0.1) is 0 Å². The Balaban J connectivity index is 2.80. The van der Waals surface area contributed by atoms with Gasteiger partial charge in [-0.25, -0.2) is 0 Å². The van der Waals surface area contributed by atoms with Gasteiger partial charge in [0, 0.05) is 6.42 Å². The van der Waals surface area contributed by atoms with Crippen LogP contribution in [-0.4, -0.2) is 31.8 Å². The number of likely N-dealkylation sites (N-methyl/N-ethyl adjacent to an activating group) is 1. The fourth-order valence-electron chi connectivity index (χ4n) is 1.92. The van der Waals surface area contributed by atoms with Gasteiger partial charge >= 0.3 is 5.97 Å². The Morgan fingerprint density at radius 1 is 1.21 bits per heavy atom. The van der Waals surface area contributed by atoms with Gasteiger partial charge in [0.1, 0.15) is 11.8 Å². The highest BCUT2D eigenvalue weighted by molar-refractivity contribution is 5.76. The molecule has 0 saturated carbocycles. The van der Waals surface area contributed by atoms with Crippen LogP contribution in [-0.2, 0) is 16.0 Å². The predicted molar refractivity (Wildman–Crippen MR) is 75.4 cm³/mol. The predicted octanol–water partition coefficient (Wildman–Crippen LogP) is 2.17. The zero-order valence-corrected chi connectivity index (χ0v) is 11.9. The van der Waals surface area contributed by atoms with Crippen LogP contribution in [0.3, 0.4) is 0 Å². The van der Waals surface area contributed by atoms with E-state index in [1.165, 1.54) is 0 Å². The maximum Gasteiger partial charge on any atom is 0.323 e. The van der Waals surface area contributed by atoms with E-state index in [1.54, 1.807) is 0 Å². The van der Waals surface area contributed by atoms with Gasteiger partial charge in [0.2, 0.25) is 0 Å². The monoisotopic (exact) mass is 265 g/mol. The molecule has 0 amide bonds. The molecule has 106 valence electrons. The van der Waals surface area contributed by atoms with E-state index < -0.39 is 0 Å². The lowest BCUT2D eigenvalue weighted by molar-refractivity contribution is -0.145. The molecule has 0 aliphatic heterocycles. The molecule has 0 heterocycles. The van der Waals surface area contributed by atoms with E-state index in [-0.39, 0.29) is 12.0 Å². The summed E-state index contributed by atoms with van der Waals surface area (Å²) < 4.78 is 10.7. The lowest BCUT2D eigenvalue weighted by Crippen LogP contribution is -2.39. The first-order valence-corrected chi connectivity index (χ1v) is 6.83. The first kappa shape index (κ1) is 15.5. The van der Waals surface area contributed by atoms with Crippen molar-refractivity contribution in [3.63, 3.8) is 0 Å². The van der Waals surface area contributed by atoms with E-state index in [0.717, 1.165) is 17.9 Å². The Morgan fingerprint density at radius 3 is 2.58 bits per heavy atom. The molecule has 0 aliphatic carbocycles. The Bertz CT molecular complexity index is 393. The first-order chi connectivity index (χ1) is 9.22. The molecular weight excluding hydrogens is 242 g/mol. The molecule has 0 saturated heterocycles. The third-order valence-corrected chi connectivity index (χ3v) is 2.72. The van der Waals surface area contributed by atoms with Crippen molar-refractivity contribution in [2.24, 2.45) is 0 Å². The lowest BCUT2D eigenvalue weighted by atomic mass is 10.0. The van der Waals surface area contributed by atoms with Crippen LogP contribution in [0.5, 0.6) is 5.75 Å². The number of hydrogen-bond donors (Lipinski definition) is 1. The average Bonchev–Trinajstić information content (AvgIpc) is 2.41. The van der Waals surface area contributed by atoms with Crippen molar-refractivity contribution in [3.8, 4) is 5.75 Å². The van der Waals surface area contributed by atoms with Gasteiger partial charge in [0.05, 0.1) is 13.2 Å². The maximum atomic E-state index is 11.9. The minimum atomic E-state index is -0.327. The molecule has 1 N–H and O–H groups in total. The van der Waals surface area contributed by atoms with Crippen LogP contribution >= 0.6 is 0 Å². The van der Waals surface area contributed by atoms with E-state index in [2.05, 4.69) is 5.32 Å². The zero-order valence-electron chi connectivity index (χ0n) is 11.9. The van der Waals surface area contributed by atoms with Crippen LogP contribution in [0.15, 0.2) is 24.3 Å². The molecule has 1 aromatic carbocycles. The molecule has 0 radical (unpaired) electrons. The molecule has 0 bridgehead atoms. The summed E-state index contributed by atoms with van der Waals surface area (Å²) in [5.41, 5.74) is 1.02. The molecule has 4 nitrogen and oxygen atoms in total. The fourth-order valence-corrected chi connectivity index (χ4v) is 1.92. The summed E-state index contributed by atoms with van der Waals surface area (Å²) in [5, 5.41) is 3.15. The SMILES string of the molecule is CCN[C@@H](Cc1ccccc1OCC)C(=O)OCC. The third-order valence-electron chi connectivity index (χ3n) is 2.72. The normalized spacial score (nSPS) is 11.9. The van der Waals surface area contributed by atoms with Crippen molar-refractivity contribution in [2.45, 2.75) is 33.2 Å².